The fraction of sp³-hybridized carbons (Fsp3) is 0.261. The Bertz CT molecular complexity index is 1080. The van der Waals surface area contributed by atoms with Crippen molar-refractivity contribution in [2.45, 2.75) is 12.3 Å². The number of methoxy groups -OCH3 is 3. The zero-order valence-corrected chi connectivity index (χ0v) is 17.0. The molecule has 0 aromatic heterocycles. The first-order valence-electron chi connectivity index (χ1n) is 9.24. The van der Waals surface area contributed by atoms with Crippen LogP contribution < -0.4 is 15.2 Å². The Morgan fingerprint density at radius 3 is 2.33 bits per heavy atom. The van der Waals surface area contributed by atoms with Gasteiger partial charge in [0.2, 0.25) is 5.88 Å². The minimum Gasteiger partial charge on any atom is -0.497 e. The monoisotopic (exact) mass is 402 g/mol. The molecule has 0 saturated carbocycles. The molecule has 2 unspecified atom stereocenters. The Labute approximate surface area is 175 Å². The van der Waals surface area contributed by atoms with Gasteiger partial charge in [-0.2, -0.15) is 15.5 Å². The fourth-order valence-electron chi connectivity index (χ4n) is 3.80. The zero-order chi connectivity index (χ0) is 21.7. The lowest BCUT2D eigenvalue weighted by Crippen LogP contribution is -2.46. The summed E-state index contributed by atoms with van der Waals surface area (Å²) in [5, 5.41) is 20.3. The van der Waals surface area contributed by atoms with Crippen LogP contribution >= 0.6 is 0 Å². The third-order valence-corrected chi connectivity index (χ3v) is 5.30. The maximum atomic E-state index is 10.4. The van der Waals surface area contributed by atoms with Crippen molar-refractivity contribution in [3.8, 4) is 23.6 Å². The minimum atomic E-state index is -1.31. The lowest BCUT2D eigenvalue weighted by Gasteiger charge is -2.37. The minimum absolute atomic E-state index is 0.0903. The summed E-state index contributed by atoms with van der Waals surface area (Å²) >= 11 is 0. The van der Waals surface area contributed by atoms with E-state index in [0.29, 0.717) is 11.5 Å². The summed E-state index contributed by atoms with van der Waals surface area (Å²) in [4.78, 5) is 4.28. The quantitative estimate of drug-likeness (QED) is 0.793. The van der Waals surface area contributed by atoms with Gasteiger partial charge in [0.1, 0.15) is 34.4 Å². The number of allylic oxidation sites excluding steroid dienone is 1. The molecule has 7 heteroatoms. The Morgan fingerprint density at radius 2 is 1.77 bits per heavy atom. The van der Waals surface area contributed by atoms with Crippen molar-refractivity contribution < 1.29 is 14.2 Å². The topological polar surface area (TPSA) is 114 Å². The van der Waals surface area contributed by atoms with Crippen LogP contribution in [0.1, 0.15) is 17.0 Å². The van der Waals surface area contributed by atoms with E-state index in [1.165, 1.54) is 7.11 Å². The number of nitriles is 2. The molecule has 0 amide bonds. The Morgan fingerprint density at radius 1 is 1.03 bits per heavy atom. The molecule has 2 atom stereocenters. The highest BCUT2D eigenvalue weighted by atomic mass is 16.5. The molecule has 3 rings (SSSR count). The van der Waals surface area contributed by atoms with E-state index in [4.69, 9.17) is 19.9 Å². The molecule has 0 spiro atoms. The molecule has 0 saturated heterocycles. The molecule has 2 aromatic carbocycles. The SMILES string of the molecule is COC1=C(C#N)C(c2ccccc2)C(C#N)(Cc2ccc(OC)cc2OC)C(N)=N1. The first-order valence-corrected chi connectivity index (χ1v) is 9.24. The van der Waals surface area contributed by atoms with Crippen molar-refractivity contribution in [2.24, 2.45) is 16.1 Å². The van der Waals surface area contributed by atoms with E-state index in [2.05, 4.69) is 17.1 Å². The molecule has 1 aliphatic rings. The van der Waals surface area contributed by atoms with E-state index in [-0.39, 0.29) is 23.7 Å². The van der Waals surface area contributed by atoms with Crippen LogP contribution in [-0.4, -0.2) is 27.2 Å². The van der Waals surface area contributed by atoms with Crippen LogP contribution in [0.2, 0.25) is 0 Å². The number of ether oxygens (including phenoxy) is 3. The molecule has 1 aliphatic heterocycles. The molecule has 7 nitrogen and oxygen atoms in total. The van der Waals surface area contributed by atoms with Gasteiger partial charge in [-0.15, -0.1) is 0 Å². The summed E-state index contributed by atoms with van der Waals surface area (Å²) < 4.78 is 16.1. The van der Waals surface area contributed by atoms with Crippen molar-refractivity contribution in [3.63, 3.8) is 0 Å². The maximum Gasteiger partial charge on any atom is 0.229 e. The van der Waals surface area contributed by atoms with Gasteiger partial charge < -0.3 is 19.9 Å². The average molecular weight is 402 g/mol. The van der Waals surface area contributed by atoms with Gasteiger partial charge in [-0.3, -0.25) is 0 Å². The molecular formula is C23H22N4O3. The molecular weight excluding hydrogens is 380 g/mol. The Hall–Kier alpha value is -3.97. The predicted molar refractivity (Wildman–Crippen MR) is 112 cm³/mol. The van der Waals surface area contributed by atoms with Gasteiger partial charge in [-0.05, 0) is 17.2 Å². The first-order chi connectivity index (χ1) is 14.5. The largest absolute Gasteiger partial charge is 0.497 e. The van der Waals surface area contributed by atoms with E-state index < -0.39 is 11.3 Å². The predicted octanol–water partition coefficient (Wildman–Crippen LogP) is 3.29. The molecule has 1 heterocycles. The number of amidine groups is 1. The molecule has 0 aliphatic carbocycles. The molecule has 2 N–H and O–H groups in total. The van der Waals surface area contributed by atoms with Crippen LogP contribution in [0.3, 0.4) is 0 Å². The van der Waals surface area contributed by atoms with E-state index in [1.54, 1.807) is 26.4 Å². The van der Waals surface area contributed by atoms with Gasteiger partial charge in [-0.25, -0.2) is 0 Å². The van der Waals surface area contributed by atoms with Crippen LogP contribution in [0, 0.1) is 28.1 Å². The average Bonchev–Trinajstić information content (AvgIpc) is 2.80. The van der Waals surface area contributed by atoms with Gasteiger partial charge in [0.15, 0.2) is 0 Å². The zero-order valence-electron chi connectivity index (χ0n) is 17.0. The smallest absolute Gasteiger partial charge is 0.229 e. The van der Waals surface area contributed by atoms with Crippen molar-refractivity contribution in [3.05, 3.63) is 71.1 Å². The molecule has 152 valence electrons. The van der Waals surface area contributed by atoms with Crippen LogP contribution in [0.15, 0.2) is 65.0 Å². The molecule has 0 radical (unpaired) electrons. The van der Waals surface area contributed by atoms with E-state index in [1.807, 2.05) is 36.4 Å². The van der Waals surface area contributed by atoms with Gasteiger partial charge >= 0.3 is 0 Å². The Kier molecular flexibility index (Phi) is 5.94. The van der Waals surface area contributed by atoms with Crippen molar-refractivity contribution in [1.82, 2.24) is 0 Å². The van der Waals surface area contributed by atoms with Crippen LogP contribution in [0.25, 0.3) is 0 Å². The van der Waals surface area contributed by atoms with Crippen LogP contribution in [0.5, 0.6) is 11.5 Å². The van der Waals surface area contributed by atoms with Crippen LogP contribution in [0.4, 0.5) is 0 Å². The lowest BCUT2D eigenvalue weighted by molar-refractivity contribution is 0.271. The summed E-state index contributed by atoms with van der Waals surface area (Å²) in [6, 6.07) is 19.2. The maximum absolute atomic E-state index is 10.4. The van der Waals surface area contributed by atoms with Crippen molar-refractivity contribution in [2.75, 3.05) is 21.3 Å². The number of nitrogens with zero attached hydrogens (tertiary/aromatic N) is 3. The highest BCUT2D eigenvalue weighted by molar-refractivity contribution is 5.93. The highest BCUT2D eigenvalue weighted by Crippen LogP contribution is 2.48. The molecule has 0 bridgehead atoms. The summed E-state index contributed by atoms with van der Waals surface area (Å²) in [6.07, 6.45) is 0.188. The second kappa shape index (κ2) is 8.59. The Balaban J connectivity index is 2.23. The molecule has 2 aromatic rings. The summed E-state index contributed by atoms with van der Waals surface area (Å²) in [5.41, 5.74) is 6.84. The number of benzene rings is 2. The van der Waals surface area contributed by atoms with E-state index in [0.717, 1.165) is 11.1 Å². The van der Waals surface area contributed by atoms with Gasteiger partial charge in [0, 0.05) is 12.5 Å². The van der Waals surface area contributed by atoms with E-state index in [9.17, 15) is 10.5 Å². The molecule has 0 fully saturated rings. The number of nitrogens with two attached hydrogens (primary N) is 1. The summed E-state index contributed by atoms with van der Waals surface area (Å²) in [6.45, 7) is 0. The second-order valence-corrected chi connectivity index (χ2v) is 6.81. The lowest BCUT2D eigenvalue weighted by atomic mass is 9.64. The van der Waals surface area contributed by atoms with Crippen molar-refractivity contribution in [1.29, 1.82) is 10.5 Å². The van der Waals surface area contributed by atoms with Gasteiger partial charge in [0.25, 0.3) is 0 Å². The fourth-order valence-corrected chi connectivity index (χ4v) is 3.80. The van der Waals surface area contributed by atoms with E-state index >= 15 is 0 Å². The summed E-state index contributed by atoms with van der Waals surface area (Å²) in [7, 11) is 4.55. The first kappa shape index (κ1) is 20.8. The summed E-state index contributed by atoms with van der Waals surface area (Å²) in [5.74, 6) is 0.742. The highest BCUT2D eigenvalue weighted by Gasteiger charge is 2.50. The number of aliphatic imine (C=N–C) groups is 1. The number of hydrogen-bond donors (Lipinski definition) is 1. The number of hydrogen-bond acceptors (Lipinski definition) is 7. The standard InChI is InChI=1S/C23H22N4O3/c1-28-17-10-9-16(19(11-17)29-2)12-23(14-25)20(15-7-5-4-6-8-15)18(13-24)21(30-3)27-22(23)26/h4-11,20H,12H2,1-3H3,(H2,26,27). The van der Waals surface area contributed by atoms with Crippen LogP contribution in [-0.2, 0) is 11.2 Å². The third kappa shape index (κ3) is 3.42. The second-order valence-electron chi connectivity index (χ2n) is 6.81. The van der Waals surface area contributed by atoms with Gasteiger partial charge in [0.05, 0.1) is 33.3 Å². The van der Waals surface area contributed by atoms with Gasteiger partial charge in [-0.1, -0.05) is 36.4 Å². The molecule has 30 heavy (non-hydrogen) atoms. The van der Waals surface area contributed by atoms with Crippen molar-refractivity contribution >= 4 is 5.84 Å². The normalized spacial score (nSPS) is 20.6. The number of rotatable bonds is 6. The third-order valence-electron chi connectivity index (χ3n) is 5.30.